The van der Waals surface area contributed by atoms with Gasteiger partial charge in [0.1, 0.15) is 11.4 Å². The molecular weight excluding hydrogens is 349 g/mol. The third-order valence-corrected chi connectivity index (χ3v) is 4.92. The van der Waals surface area contributed by atoms with E-state index in [1.54, 1.807) is 16.7 Å². The summed E-state index contributed by atoms with van der Waals surface area (Å²) in [5.41, 5.74) is 2.54. The van der Waals surface area contributed by atoms with Crippen LogP contribution in [-0.2, 0) is 0 Å². The summed E-state index contributed by atoms with van der Waals surface area (Å²) in [6.07, 6.45) is 1.35. The molecular formula is C20H18FN3O3. The van der Waals surface area contributed by atoms with Gasteiger partial charge in [-0.1, -0.05) is 0 Å². The molecule has 1 atom stereocenters. The van der Waals surface area contributed by atoms with Gasteiger partial charge in [-0.25, -0.2) is 9.18 Å². The summed E-state index contributed by atoms with van der Waals surface area (Å²) >= 11 is 0. The SMILES string of the molecule is Cc1cc(-c2c(F)cc3c(=O)c(C(=O)O)cn4c3c2NC[C@@H]4C)cc(C)n1. The van der Waals surface area contributed by atoms with Crippen LogP contribution in [0.15, 0.2) is 29.2 Å². The number of hydrogen-bond donors (Lipinski definition) is 2. The second-order valence-corrected chi connectivity index (χ2v) is 6.96. The molecule has 1 aliphatic heterocycles. The number of hydrogen-bond acceptors (Lipinski definition) is 4. The van der Waals surface area contributed by atoms with Crippen molar-refractivity contribution in [2.75, 3.05) is 11.9 Å². The van der Waals surface area contributed by atoms with Crippen molar-refractivity contribution in [2.24, 2.45) is 0 Å². The first-order valence-electron chi connectivity index (χ1n) is 8.62. The molecule has 0 fully saturated rings. The average Bonchev–Trinajstić information content (AvgIpc) is 2.58. The molecule has 6 nitrogen and oxygen atoms in total. The Kier molecular flexibility index (Phi) is 3.76. The number of halogens is 1. The fourth-order valence-corrected chi connectivity index (χ4v) is 3.77. The molecule has 7 heteroatoms. The highest BCUT2D eigenvalue weighted by atomic mass is 19.1. The van der Waals surface area contributed by atoms with E-state index in [0.717, 1.165) is 17.5 Å². The van der Waals surface area contributed by atoms with E-state index in [1.165, 1.54) is 6.20 Å². The summed E-state index contributed by atoms with van der Waals surface area (Å²) in [7, 11) is 0. The first-order chi connectivity index (χ1) is 12.8. The number of aromatic nitrogens is 2. The number of pyridine rings is 2. The Morgan fingerprint density at radius 2 is 1.96 bits per heavy atom. The number of carboxylic acids is 1. The summed E-state index contributed by atoms with van der Waals surface area (Å²) in [5, 5.41) is 12.6. The molecule has 0 bridgehead atoms. The lowest BCUT2D eigenvalue weighted by atomic mass is 9.96. The maximum Gasteiger partial charge on any atom is 0.341 e. The largest absolute Gasteiger partial charge is 0.477 e. The quantitative estimate of drug-likeness (QED) is 0.724. The number of carboxylic acid groups (broad SMARTS) is 1. The van der Waals surface area contributed by atoms with E-state index >= 15 is 4.39 Å². The Labute approximate surface area is 154 Å². The van der Waals surface area contributed by atoms with Gasteiger partial charge in [0.2, 0.25) is 5.43 Å². The fraction of sp³-hybridized carbons (Fsp3) is 0.250. The van der Waals surface area contributed by atoms with Crippen LogP contribution in [-0.4, -0.2) is 27.2 Å². The zero-order valence-electron chi connectivity index (χ0n) is 15.1. The monoisotopic (exact) mass is 367 g/mol. The number of aromatic carboxylic acids is 1. The maximum absolute atomic E-state index is 15.1. The van der Waals surface area contributed by atoms with Crippen LogP contribution in [0.4, 0.5) is 10.1 Å². The van der Waals surface area contributed by atoms with Crippen LogP contribution in [0.5, 0.6) is 0 Å². The van der Waals surface area contributed by atoms with E-state index < -0.39 is 17.2 Å². The smallest absolute Gasteiger partial charge is 0.341 e. The minimum absolute atomic E-state index is 0.0627. The van der Waals surface area contributed by atoms with Crippen LogP contribution in [0.1, 0.15) is 34.7 Å². The van der Waals surface area contributed by atoms with Crippen molar-refractivity contribution in [1.82, 2.24) is 9.55 Å². The summed E-state index contributed by atoms with van der Waals surface area (Å²) in [6, 6.07) is 4.64. The number of aryl methyl sites for hydroxylation is 2. The highest BCUT2D eigenvalue weighted by Gasteiger charge is 2.27. The van der Waals surface area contributed by atoms with Gasteiger partial charge >= 0.3 is 5.97 Å². The topological polar surface area (TPSA) is 84.2 Å². The van der Waals surface area contributed by atoms with Crippen molar-refractivity contribution in [3.63, 3.8) is 0 Å². The molecule has 0 saturated heterocycles. The van der Waals surface area contributed by atoms with Gasteiger partial charge in [0.05, 0.1) is 16.6 Å². The second-order valence-electron chi connectivity index (χ2n) is 6.96. The molecule has 3 aromatic rings. The molecule has 0 saturated carbocycles. The summed E-state index contributed by atoms with van der Waals surface area (Å²) in [4.78, 5) is 28.4. The van der Waals surface area contributed by atoms with Crippen LogP contribution >= 0.6 is 0 Å². The number of nitrogens with zero attached hydrogens (tertiary/aromatic N) is 2. The lowest BCUT2D eigenvalue weighted by molar-refractivity contribution is 0.0694. The molecule has 0 radical (unpaired) electrons. The van der Waals surface area contributed by atoms with Crippen LogP contribution in [0.25, 0.3) is 22.0 Å². The highest BCUT2D eigenvalue weighted by molar-refractivity contribution is 6.03. The van der Waals surface area contributed by atoms with Gasteiger partial charge in [-0.3, -0.25) is 9.78 Å². The van der Waals surface area contributed by atoms with Crippen molar-refractivity contribution < 1.29 is 14.3 Å². The number of anilines is 1. The van der Waals surface area contributed by atoms with E-state index in [0.29, 0.717) is 28.9 Å². The molecule has 1 aliphatic rings. The lowest BCUT2D eigenvalue weighted by Crippen LogP contribution is -2.28. The predicted octanol–water partition coefficient (Wildman–Crippen LogP) is 3.50. The summed E-state index contributed by atoms with van der Waals surface area (Å²) in [6.45, 7) is 6.08. The third-order valence-electron chi connectivity index (χ3n) is 4.92. The van der Waals surface area contributed by atoms with Gasteiger partial charge < -0.3 is 15.0 Å². The second kappa shape index (κ2) is 5.90. The Hall–Kier alpha value is -3.22. The van der Waals surface area contributed by atoms with Crippen LogP contribution < -0.4 is 10.7 Å². The zero-order valence-corrected chi connectivity index (χ0v) is 15.1. The zero-order chi connectivity index (χ0) is 19.5. The molecule has 3 heterocycles. The van der Waals surface area contributed by atoms with Crippen molar-refractivity contribution in [3.8, 4) is 11.1 Å². The molecule has 0 spiro atoms. The standard InChI is InChI=1S/C20H18FN3O3/c1-9-4-12(5-10(2)23-9)16-15(21)6-13-18-17(16)22-7-11(3)24(18)8-14(19(13)25)20(26)27/h4-6,8,11,22H,7H2,1-3H3,(H,26,27)/t11-/m0/s1. The Bertz CT molecular complexity index is 1160. The summed E-state index contributed by atoms with van der Waals surface area (Å²) in [5.74, 6) is -1.89. The number of benzene rings is 1. The van der Waals surface area contributed by atoms with Crippen LogP contribution in [0, 0.1) is 19.7 Å². The van der Waals surface area contributed by atoms with Crippen LogP contribution in [0.3, 0.4) is 0 Å². The number of nitrogens with one attached hydrogen (secondary N) is 1. The normalized spacial score (nSPS) is 15.6. The lowest BCUT2D eigenvalue weighted by Gasteiger charge is -2.29. The summed E-state index contributed by atoms with van der Waals surface area (Å²) < 4.78 is 16.9. The molecule has 1 aromatic carbocycles. The molecule has 0 unspecified atom stereocenters. The fourth-order valence-electron chi connectivity index (χ4n) is 3.77. The molecule has 4 rings (SSSR count). The molecule has 0 amide bonds. The molecule has 138 valence electrons. The van der Waals surface area contributed by atoms with Crippen molar-refractivity contribution in [3.05, 3.63) is 57.4 Å². The highest BCUT2D eigenvalue weighted by Crippen LogP contribution is 2.40. The van der Waals surface area contributed by atoms with Gasteiger partial charge in [0, 0.05) is 35.7 Å². The van der Waals surface area contributed by atoms with E-state index in [4.69, 9.17) is 0 Å². The van der Waals surface area contributed by atoms with E-state index in [-0.39, 0.29) is 17.0 Å². The molecule has 27 heavy (non-hydrogen) atoms. The molecule has 2 N–H and O–H groups in total. The number of rotatable bonds is 2. The van der Waals surface area contributed by atoms with Gasteiger partial charge in [-0.05, 0) is 44.5 Å². The molecule has 0 aliphatic carbocycles. The van der Waals surface area contributed by atoms with E-state index in [1.807, 2.05) is 20.8 Å². The van der Waals surface area contributed by atoms with Gasteiger partial charge in [0.15, 0.2) is 0 Å². The van der Waals surface area contributed by atoms with Gasteiger partial charge in [-0.2, -0.15) is 0 Å². The van der Waals surface area contributed by atoms with E-state index in [2.05, 4.69) is 10.3 Å². The molecule has 2 aromatic heterocycles. The Balaban J connectivity index is 2.16. The first kappa shape index (κ1) is 17.2. The van der Waals surface area contributed by atoms with Gasteiger partial charge in [0.25, 0.3) is 0 Å². The van der Waals surface area contributed by atoms with Crippen LogP contribution in [0.2, 0.25) is 0 Å². The minimum atomic E-state index is -1.32. The Morgan fingerprint density at radius 1 is 1.30 bits per heavy atom. The maximum atomic E-state index is 15.1. The first-order valence-corrected chi connectivity index (χ1v) is 8.62. The average molecular weight is 367 g/mol. The van der Waals surface area contributed by atoms with Crippen molar-refractivity contribution in [1.29, 1.82) is 0 Å². The predicted molar refractivity (Wildman–Crippen MR) is 101 cm³/mol. The van der Waals surface area contributed by atoms with E-state index in [9.17, 15) is 14.7 Å². The van der Waals surface area contributed by atoms with Crippen molar-refractivity contribution in [2.45, 2.75) is 26.8 Å². The Morgan fingerprint density at radius 3 is 2.59 bits per heavy atom. The third kappa shape index (κ3) is 2.58. The minimum Gasteiger partial charge on any atom is -0.477 e. The van der Waals surface area contributed by atoms with Gasteiger partial charge in [-0.15, -0.1) is 0 Å². The number of carbonyl (C=O) groups is 1. The van der Waals surface area contributed by atoms with Crippen molar-refractivity contribution >= 4 is 22.6 Å².